The first kappa shape index (κ1) is 15.9. The third kappa shape index (κ3) is 2.94. The maximum atomic E-state index is 12.3. The lowest BCUT2D eigenvalue weighted by molar-refractivity contribution is -0.114. The monoisotopic (exact) mass is 372 g/mol. The number of carbonyl (C=O) groups excluding carboxylic acids is 2. The molecule has 23 heavy (non-hydrogen) atoms. The van der Waals surface area contributed by atoms with Crippen LogP contribution in [0.4, 0.5) is 5.69 Å². The number of nitrogens with zero attached hydrogens (tertiary/aromatic N) is 2. The van der Waals surface area contributed by atoms with Gasteiger partial charge in [0.25, 0.3) is 5.78 Å². The minimum atomic E-state index is -0.469. The number of hydrogen-bond acceptors (Lipinski definition) is 3. The van der Waals surface area contributed by atoms with Crippen LogP contribution in [0, 0.1) is 6.92 Å². The predicted molar refractivity (Wildman–Crippen MR) is 93.5 cm³/mol. The number of hydrogen-bond donors (Lipinski definition) is 0. The Labute approximate surface area is 143 Å². The number of para-hydroxylation sites is 1. The van der Waals surface area contributed by atoms with Crippen molar-refractivity contribution in [2.45, 2.75) is 13.5 Å². The average Bonchev–Trinajstić information content (AvgIpc) is 2.76. The van der Waals surface area contributed by atoms with Gasteiger partial charge in [0, 0.05) is 11.0 Å². The molecule has 0 unspecified atom stereocenters. The summed E-state index contributed by atoms with van der Waals surface area (Å²) in [6, 6.07) is 13.5. The van der Waals surface area contributed by atoms with E-state index in [-0.39, 0.29) is 0 Å². The molecule has 3 rings (SSSR count). The summed E-state index contributed by atoms with van der Waals surface area (Å²) in [6.45, 7) is 3.15. The largest absolute Gasteiger partial charge is 0.300 e. The van der Waals surface area contributed by atoms with Crippen LogP contribution in [0.1, 0.15) is 21.5 Å². The van der Waals surface area contributed by atoms with Crippen LogP contribution in [0.3, 0.4) is 0 Å². The van der Waals surface area contributed by atoms with Crippen LogP contribution in [0.15, 0.2) is 46.9 Å². The molecule has 4 nitrogen and oxygen atoms in total. The van der Waals surface area contributed by atoms with E-state index in [1.807, 2.05) is 30.1 Å². The highest BCUT2D eigenvalue weighted by atomic mass is 79.9. The summed E-state index contributed by atoms with van der Waals surface area (Å²) in [4.78, 5) is 28.0. The zero-order valence-electron chi connectivity index (χ0n) is 13.0. The topological polar surface area (TPSA) is 40.6 Å². The molecule has 0 saturated heterocycles. The molecule has 0 bridgehead atoms. The van der Waals surface area contributed by atoms with Crippen molar-refractivity contribution in [1.82, 2.24) is 4.90 Å². The second kappa shape index (κ2) is 6.26. The summed E-state index contributed by atoms with van der Waals surface area (Å²) in [7, 11) is 1.94. The van der Waals surface area contributed by atoms with Gasteiger partial charge in [-0.05, 0) is 53.2 Å². The molecule has 1 aliphatic rings. The van der Waals surface area contributed by atoms with E-state index in [9.17, 15) is 9.59 Å². The molecule has 118 valence electrons. The van der Waals surface area contributed by atoms with E-state index in [0.717, 1.165) is 4.47 Å². The lowest BCUT2D eigenvalue weighted by atomic mass is 10.1. The van der Waals surface area contributed by atoms with Gasteiger partial charge in [-0.25, -0.2) is 0 Å². The Balaban J connectivity index is 1.82. The molecular weight excluding hydrogens is 356 g/mol. The van der Waals surface area contributed by atoms with E-state index in [1.54, 1.807) is 17.0 Å². The number of aryl methyl sites for hydroxylation is 1. The van der Waals surface area contributed by atoms with Crippen molar-refractivity contribution in [3.05, 3.63) is 63.6 Å². The Morgan fingerprint density at radius 2 is 1.83 bits per heavy atom. The van der Waals surface area contributed by atoms with Crippen molar-refractivity contribution in [2.75, 3.05) is 18.6 Å². The number of ketones is 1. The number of fused-ring (bicyclic) bond motifs is 1. The van der Waals surface area contributed by atoms with Crippen LogP contribution in [-0.4, -0.2) is 30.3 Å². The molecule has 0 fully saturated rings. The minimum Gasteiger partial charge on any atom is -0.290 e. The Kier molecular flexibility index (Phi) is 4.33. The Bertz CT molecular complexity index is 788. The van der Waals surface area contributed by atoms with Crippen molar-refractivity contribution < 1.29 is 9.59 Å². The fraction of sp³-hybridized carbons (Fsp3) is 0.222. The van der Waals surface area contributed by atoms with Crippen molar-refractivity contribution in [2.24, 2.45) is 0 Å². The first-order chi connectivity index (χ1) is 11.0. The van der Waals surface area contributed by atoms with E-state index in [1.165, 1.54) is 11.1 Å². The van der Waals surface area contributed by atoms with Crippen molar-refractivity contribution in [3.63, 3.8) is 0 Å². The van der Waals surface area contributed by atoms with Crippen LogP contribution in [0.2, 0.25) is 0 Å². The number of amides is 1. The predicted octanol–water partition coefficient (Wildman–Crippen LogP) is 3.38. The number of carbonyl (C=O) groups is 2. The van der Waals surface area contributed by atoms with Gasteiger partial charge in [-0.15, -0.1) is 0 Å². The minimum absolute atomic E-state index is 0.370. The molecule has 1 amide bonds. The van der Waals surface area contributed by atoms with Crippen LogP contribution in [-0.2, 0) is 11.3 Å². The summed E-state index contributed by atoms with van der Waals surface area (Å²) >= 11 is 3.45. The molecule has 0 saturated carbocycles. The molecule has 0 aliphatic carbocycles. The molecular formula is C18H17BrN2O2. The van der Waals surface area contributed by atoms with Crippen molar-refractivity contribution in [3.8, 4) is 0 Å². The van der Waals surface area contributed by atoms with E-state index >= 15 is 0 Å². The number of anilines is 1. The van der Waals surface area contributed by atoms with E-state index in [4.69, 9.17) is 0 Å². The van der Waals surface area contributed by atoms with Gasteiger partial charge in [-0.3, -0.25) is 19.4 Å². The summed E-state index contributed by atoms with van der Waals surface area (Å²) in [5.41, 5.74) is 3.55. The molecule has 0 N–H and O–H groups in total. The third-order valence-electron chi connectivity index (χ3n) is 4.03. The van der Waals surface area contributed by atoms with Crippen LogP contribution in [0.25, 0.3) is 0 Å². The summed E-state index contributed by atoms with van der Waals surface area (Å²) < 4.78 is 0.762. The summed E-state index contributed by atoms with van der Waals surface area (Å²) in [5, 5.41) is 0. The fourth-order valence-corrected chi connectivity index (χ4v) is 3.40. The molecule has 0 radical (unpaired) electrons. The maximum Gasteiger partial charge on any atom is 0.300 e. The lowest BCUT2D eigenvalue weighted by Gasteiger charge is -2.25. The second-order valence-electron chi connectivity index (χ2n) is 5.78. The fourth-order valence-electron chi connectivity index (χ4n) is 2.82. The molecule has 1 heterocycles. The summed E-state index contributed by atoms with van der Waals surface area (Å²) in [6.07, 6.45) is 0. The van der Waals surface area contributed by atoms with Gasteiger partial charge >= 0.3 is 5.91 Å². The molecule has 5 heteroatoms. The second-order valence-corrected chi connectivity index (χ2v) is 6.63. The van der Waals surface area contributed by atoms with Gasteiger partial charge in [0.05, 0.1) is 17.9 Å². The number of rotatable bonds is 4. The van der Waals surface area contributed by atoms with Crippen LogP contribution < -0.4 is 4.90 Å². The highest BCUT2D eigenvalue weighted by molar-refractivity contribution is 9.10. The Morgan fingerprint density at radius 1 is 1.09 bits per heavy atom. The first-order valence-corrected chi connectivity index (χ1v) is 8.16. The highest BCUT2D eigenvalue weighted by Crippen LogP contribution is 2.35. The number of benzene rings is 2. The van der Waals surface area contributed by atoms with E-state index in [2.05, 4.69) is 35.0 Å². The number of Topliss-reactive ketones (excluding diaryl/α,β-unsaturated/α-hetero) is 1. The third-order valence-corrected chi connectivity index (χ3v) is 4.66. The number of halogens is 1. The zero-order valence-corrected chi connectivity index (χ0v) is 14.6. The molecule has 2 aromatic rings. The molecule has 1 aliphatic heterocycles. The van der Waals surface area contributed by atoms with Gasteiger partial charge in [-0.1, -0.05) is 30.3 Å². The van der Waals surface area contributed by atoms with Gasteiger partial charge in [0.15, 0.2) is 0 Å². The molecule has 0 atom stereocenters. The first-order valence-electron chi connectivity index (χ1n) is 7.37. The highest BCUT2D eigenvalue weighted by Gasteiger charge is 2.37. The molecule has 2 aromatic carbocycles. The lowest BCUT2D eigenvalue weighted by Crippen LogP contribution is -2.39. The van der Waals surface area contributed by atoms with Gasteiger partial charge in [-0.2, -0.15) is 0 Å². The van der Waals surface area contributed by atoms with Crippen molar-refractivity contribution in [1.29, 1.82) is 0 Å². The standard InChI is InChI=1S/C18H17BrN2O2/c1-12-6-3-4-7-13(12)10-20(2)11-21-16-14(17(22)18(21)23)8-5-9-15(16)19/h3-9H,10-11H2,1-2H3. The normalized spacial score (nSPS) is 13.8. The van der Waals surface area contributed by atoms with E-state index in [0.29, 0.717) is 24.5 Å². The van der Waals surface area contributed by atoms with Crippen molar-refractivity contribution >= 4 is 33.3 Å². The Morgan fingerprint density at radius 3 is 2.57 bits per heavy atom. The zero-order chi connectivity index (χ0) is 16.6. The van der Waals surface area contributed by atoms with Gasteiger partial charge in [0.1, 0.15) is 0 Å². The van der Waals surface area contributed by atoms with Gasteiger partial charge in [0.2, 0.25) is 0 Å². The quantitative estimate of drug-likeness (QED) is 0.772. The molecule has 0 spiro atoms. The van der Waals surface area contributed by atoms with E-state index < -0.39 is 11.7 Å². The maximum absolute atomic E-state index is 12.3. The average molecular weight is 373 g/mol. The molecule has 0 aromatic heterocycles. The SMILES string of the molecule is Cc1ccccc1CN(C)CN1C(=O)C(=O)c2cccc(Br)c21. The Hall–Kier alpha value is -1.98. The smallest absolute Gasteiger partial charge is 0.290 e. The van der Waals surface area contributed by atoms with Crippen LogP contribution in [0.5, 0.6) is 0 Å². The summed E-state index contributed by atoms with van der Waals surface area (Å²) in [5.74, 6) is -0.908. The van der Waals surface area contributed by atoms with Gasteiger partial charge < -0.3 is 0 Å². The van der Waals surface area contributed by atoms with Crippen LogP contribution >= 0.6 is 15.9 Å².